The number of hydrogen-bond acceptors (Lipinski definition) is 4. The highest BCUT2D eigenvalue weighted by molar-refractivity contribution is 7.89. The Hall–Kier alpha value is -0.980. The molecule has 3 rings (SSSR count). The summed E-state index contributed by atoms with van der Waals surface area (Å²) in [6, 6.07) is 5.79. The summed E-state index contributed by atoms with van der Waals surface area (Å²) in [5, 5.41) is 3.32. The molecule has 2 aliphatic heterocycles. The van der Waals surface area contributed by atoms with Gasteiger partial charge in [-0.05, 0) is 37.4 Å². The third-order valence-electron chi connectivity index (χ3n) is 4.33. The second kappa shape index (κ2) is 5.79. The fraction of sp³-hybridized carbons (Fsp3) is 0.643. The molecular weight excluding hydrogens is 274 g/mol. The van der Waals surface area contributed by atoms with Gasteiger partial charge < -0.3 is 5.32 Å². The van der Waals surface area contributed by atoms with Crippen molar-refractivity contribution in [1.82, 2.24) is 14.6 Å². The Morgan fingerprint density at radius 1 is 1.35 bits per heavy atom. The molecule has 0 aliphatic carbocycles. The van der Waals surface area contributed by atoms with E-state index in [1.807, 2.05) is 18.2 Å². The molecule has 5 nitrogen and oxygen atoms in total. The Kier molecular flexibility index (Phi) is 4.05. The second-order valence-electron chi connectivity index (χ2n) is 5.63. The first kappa shape index (κ1) is 14.0. The number of aromatic nitrogens is 1. The number of nitrogens with zero attached hydrogens (tertiary/aromatic N) is 2. The SMILES string of the molecule is O=S(=O)(CCc1ccccn1)N1CCCC2CNCC21. The maximum Gasteiger partial charge on any atom is 0.214 e. The molecule has 6 heteroatoms. The van der Waals surface area contributed by atoms with Crippen LogP contribution in [-0.2, 0) is 16.4 Å². The van der Waals surface area contributed by atoms with Gasteiger partial charge in [-0.1, -0.05) is 6.07 Å². The summed E-state index contributed by atoms with van der Waals surface area (Å²) >= 11 is 0. The average Bonchev–Trinajstić information content (AvgIpc) is 2.94. The van der Waals surface area contributed by atoms with Crippen LogP contribution in [0.25, 0.3) is 0 Å². The van der Waals surface area contributed by atoms with Crippen LogP contribution >= 0.6 is 0 Å². The molecule has 110 valence electrons. The highest BCUT2D eigenvalue weighted by atomic mass is 32.2. The molecule has 0 bridgehead atoms. The van der Waals surface area contributed by atoms with Gasteiger partial charge in [0.15, 0.2) is 0 Å². The van der Waals surface area contributed by atoms with E-state index >= 15 is 0 Å². The maximum absolute atomic E-state index is 12.6. The number of pyridine rings is 1. The standard InChI is InChI=1S/C14H21N3O2S/c18-20(19,9-6-13-5-1-2-7-16-13)17-8-3-4-12-10-15-11-14(12)17/h1-2,5,7,12,14-15H,3-4,6,8-11H2. The van der Waals surface area contributed by atoms with Crippen LogP contribution in [0.2, 0.25) is 0 Å². The number of piperidine rings is 1. The Bertz CT molecular complexity index is 547. The van der Waals surface area contributed by atoms with Gasteiger partial charge in [-0.2, -0.15) is 4.31 Å². The van der Waals surface area contributed by atoms with E-state index in [1.165, 1.54) is 0 Å². The lowest BCUT2D eigenvalue weighted by Crippen LogP contribution is -2.49. The molecule has 0 radical (unpaired) electrons. The molecule has 0 aromatic carbocycles. The Morgan fingerprint density at radius 3 is 3.05 bits per heavy atom. The molecule has 0 spiro atoms. The van der Waals surface area contributed by atoms with Gasteiger partial charge in [0, 0.05) is 37.4 Å². The van der Waals surface area contributed by atoms with Gasteiger partial charge in [0.25, 0.3) is 0 Å². The predicted molar refractivity (Wildman–Crippen MR) is 77.8 cm³/mol. The van der Waals surface area contributed by atoms with Crippen LogP contribution in [0.1, 0.15) is 18.5 Å². The highest BCUT2D eigenvalue weighted by Crippen LogP contribution is 2.28. The molecule has 3 heterocycles. The first-order chi connectivity index (χ1) is 9.67. The summed E-state index contributed by atoms with van der Waals surface area (Å²) < 4.78 is 26.9. The number of nitrogens with one attached hydrogen (secondary N) is 1. The number of rotatable bonds is 4. The van der Waals surface area contributed by atoms with E-state index in [2.05, 4.69) is 10.3 Å². The van der Waals surface area contributed by atoms with Crippen molar-refractivity contribution < 1.29 is 8.42 Å². The normalized spacial score (nSPS) is 27.4. The zero-order valence-corrected chi connectivity index (χ0v) is 12.3. The van der Waals surface area contributed by atoms with E-state index in [-0.39, 0.29) is 11.8 Å². The monoisotopic (exact) mass is 295 g/mol. The van der Waals surface area contributed by atoms with Crippen molar-refractivity contribution in [1.29, 1.82) is 0 Å². The summed E-state index contributed by atoms with van der Waals surface area (Å²) in [5.74, 6) is 0.654. The van der Waals surface area contributed by atoms with Crippen molar-refractivity contribution in [3.8, 4) is 0 Å². The van der Waals surface area contributed by atoms with Gasteiger partial charge in [-0.15, -0.1) is 0 Å². The second-order valence-corrected chi connectivity index (χ2v) is 7.67. The Balaban J connectivity index is 1.68. The van der Waals surface area contributed by atoms with Gasteiger partial charge >= 0.3 is 0 Å². The van der Waals surface area contributed by atoms with Crippen LogP contribution in [0.5, 0.6) is 0 Å². The van der Waals surface area contributed by atoms with E-state index in [9.17, 15) is 8.42 Å². The summed E-state index contributed by atoms with van der Waals surface area (Å²) in [4.78, 5) is 4.20. The summed E-state index contributed by atoms with van der Waals surface area (Å²) in [5.41, 5.74) is 0.842. The van der Waals surface area contributed by atoms with E-state index in [0.717, 1.165) is 31.6 Å². The van der Waals surface area contributed by atoms with Crippen molar-refractivity contribution in [2.24, 2.45) is 5.92 Å². The van der Waals surface area contributed by atoms with Crippen molar-refractivity contribution in [3.05, 3.63) is 30.1 Å². The minimum absolute atomic E-state index is 0.160. The van der Waals surface area contributed by atoms with Crippen LogP contribution in [-0.4, -0.2) is 49.1 Å². The van der Waals surface area contributed by atoms with Gasteiger partial charge in [0.05, 0.1) is 5.75 Å². The number of sulfonamides is 1. The Morgan fingerprint density at radius 2 is 2.25 bits per heavy atom. The first-order valence-corrected chi connectivity index (χ1v) is 8.88. The third kappa shape index (κ3) is 2.87. The van der Waals surface area contributed by atoms with Crippen molar-refractivity contribution >= 4 is 10.0 Å². The van der Waals surface area contributed by atoms with Crippen LogP contribution < -0.4 is 5.32 Å². The molecule has 1 N–H and O–H groups in total. The molecule has 2 saturated heterocycles. The molecule has 2 aliphatic rings. The van der Waals surface area contributed by atoms with Crippen molar-refractivity contribution in [3.63, 3.8) is 0 Å². The zero-order chi connectivity index (χ0) is 14.0. The lowest BCUT2D eigenvalue weighted by molar-refractivity contribution is 0.217. The van der Waals surface area contributed by atoms with E-state index in [4.69, 9.17) is 0 Å². The summed E-state index contributed by atoms with van der Waals surface area (Å²) in [7, 11) is -3.18. The van der Waals surface area contributed by atoms with Crippen LogP contribution in [0.15, 0.2) is 24.4 Å². The fourth-order valence-corrected chi connectivity index (χ4v) is 5.04. The molecule has 0 amide bonds. The van der Waals surface area contributed by atoms with Crippen LogP contribution in [0, 0.1) is 5.92 Å². The predicted octanol–water partition coefficient (Wildman–Crippen LogP) is 0.638. The van der Waals surface area contributed by atoms with Gasteiger partial charge in [-0.3, -0.25) is 4.98 Å². The van der Waals surface area contributed by atoms with E-state index in [1.54, 1.807) is 10.5 Å². The largest absolute Gasteiger partial charge is 0.315 e. The van der Waals surface area contributed by atoms with Crippen LogP contribution in [0.3, 0.4) is 0 Å². The van der Waals surface area contributed by atoms with Crippen molar-refractivity contribution in [2.45, 2.75) is 25.3 Å². The summed E-state index contributed by atoms with van der Waals surface area (Å²) in [6.45, 7) is 2.43. The summed E-state index contributed by atoms with van der Waals surface area (Å²) in [6.07, 6.45) is 4.32. The van der Waals surface area contributed by atoms with Crippen LogP contribution in [0.4, 0.5) is 0 Å². The van der Waals surface area contributed by atoms with Gasteiger partial charge in [0.1, 0.15) is 0 Å². The quantitative estimate of drug-likeness (QED) is 0.885. The minimum atomic E-state index is -3.18. The van der Waals surface area contributed by atoms with E-state index in [0.29, 0.717) is 18.9 Å². The van der Waals surface area contributed by atoms with Gasteiger partial charge in [0.2, 0.25) is 10.0 Å². The molecular formula is C14H21N3O2S. The topological polar surface area (TPSA) is 62.3 Å². The maximum atomic E-state index is 12.6. The highest BCUT2D eigenvalue weighted by Gasteiger charge is 2.40. The van der Waals surface area contributed by atoms with Gasteiger partial charge in [-0.25, -0.2) is 8.42 Å². The molecule has 1 aromatic rings. The number of aryl methyl sites for hydroxylation is 1. The molecule has 2 atom stereocenters. The van der Waals surface area contributed by atoms with Crippen molar-refractivity contribution in [2.75, 3.05) is 25.4 Å². The third-order valence-corrected chi connectivity index (χ3v) is 6.22. The smallest absolute Gasteiger partial charge is 0.214 e. The molecule has 20 heavy (non-hydrogen) atoms. The lowest BCUT2D eigenvalue weighted by Gasteiger charge is -2.35. The fourth-order valence-electron chi connectivity index (χ4n) is 3.27. The zero-order valence-electron chi connectivity index (χ0n) is 11.5. The number of hydrogen-bond donors (Lipinski definition) is 1. The van der Waals surface area contributed by atoms with E-state index < -0.39 is 10.0 Å². The molecule has 2 fully saturated rings. The molecule has 0 saturated carbocycles. The average molecular weight is 295 g/mol. The Labute approximate surface area is 120 Å². The first-order valence-electron chi connectivity index (χ1n) is 7.27. The molecule has 2 unspecified atom stereocenters. The molecule has 1 aromatic heterocycles. The minimum Gasteiger partial charge on any atom is -0.315 e. The number of fused-ring (bicyclic) bond motifs is 1. The lowest BCUT2D eigenvalue weighted by atomic mass is 9.94.